The number of esters is 1. The van der Waals surface area contributed by atoms with Crippen LogP contribution in [0.15, 0.2) is 6.07 Å². The van der Waals surface area contributed by atoms with Crippen LogP contribution in [0, 0.1) is 12.3 Å². The average Bonchev–Trinajstić information content (AvgIpc) is 2.99. The summed E-state index contributed by atoms with van der Waals surface area (Å²) >= 11 is 2.98. The van der Waals surface area contributed by atoms with Crippen LogP contribution in [0.4, 0.5) is 5.13 Å². The normalized spacial score (nSPS) is 10.4. The van der Waals surface area contributed by atoms with E-state index in [1.165, 1.54) is 11.3 Å². The maximum absolute atomic E-state index is 11.8. The van der Waals surface area contributed by atoms with Crippen molar-refractivity contribution in [1.29, 1.82) is 0 Å². The lowest BCUT2D eigenvalue weighted by molar-refractivity contribution is 0.0519. The summed E-state index contributed by atoms with van der Waals surface area (Å²) in [5, 5.41) is 1.00. The number of carbonyl (C=O) groups is 1. The van der Waals surface area contributed by atoms with Gasteiger partial charge < -0.3 is 9.64 Å². The highest BCUT2D eigenvalue weighted by Gasteiger charge is 2.16. The van der Waals surface area contributed by atoms with Gasteiger partial charge in [0.05, 0.1) is 4.70 Å². The van der Waals surface area contributed by atoms with Crippen LogP contribution in [-0.4, -0.2) is 30.6 Å². The Hall–Kier alpha value is -1.58. The number of thiophene rings is 1. The minimum atomic E-state index is -0.320. The molecule has 0 N–H and O–H groups in total. The Kier molecular flexibility index (Phi) is 4.99. The number of hydrogen-bond acceptors (Lipinski definition) is 6. The molecule has 0 aliphatic carbocycles. The van der Waals surface area contributed by atoms with Gasteiger partial charge in [0.25, 0.3) is 0 Å². The lowest BCUT2D eigenvalue weighted by atomic mass is 10.4. The number of carbonyl (C=O) groups excluding carboxylic acids is 1. The Morgan fingerprint density at radius 2 is 2.20 bits per heavy atom. The first kappa shape index (κ1) is 14.8. The van der Waals surface area contributed by atoms with E-state index in [0.29, 0.717) is 11.3 Å². The van der Waals surface area contributed by atoms with Gasteiger partial charge in [-0.1, -0.05) is 11.3 Å². The molecule has 0 atom stereocenters. The Morgan fingerprint density at radius 1 is 1.45 bits per heavy atom. The topological polar surface area (TPSA) is 42.4 Å². The van der Waals surface area contributed by atoms with Crippen molar-refractivity contribution in [3.63, 3.8) is 0 Å². The highest BCUT2D eigenvalue weighted by molar-refractivity contribution is 7.29. The van der Waals surface area contributed by atoms with Crippen molar-refractivity contribution in [2.24, 2.45) is 0 Å². The number of aromatic nitrogens is 1. The van der Waals surface area contributed by atoms with E-state index in [1.807, 2.05) is 6.07 Å². The van der Waals surface area contributed by atoms with Gasteiger partial charge in [-0.25, -0.2) is 9.78 Å². The van der Waals surface area contributed by atoms with Gasteiger partial charge in [-0.15, -0.1) is 23.7 Å². The van der Waals surface area contributed by atoms with E-state index >= 15 is 0 Å². The molecule has 0 fully saturated rings. The highest BCUT2D eigenvalue weighted by atomic mass is 32.1. The van der Waals surface area contributed by atoms with Crippen LogP contribution < -0.4 is 4.90 Å². The first-order valence-electron chi connectivity index (χ1n) is 6.45. The summed E-state index contributed by atoms with van der Waals surface area (Å²) < 4.78 is 6.11. The molecule has 0 saturated heterocycles. The Labute approximate surface area is 126 Å². The Balaban J connectivity index is 2.13. The molecule has 2 aromatic heterocycles. The molecule has 0 amide bonds. The van der Waals surface area contributed by atoms with Crippen LogP contribution in [0.1, 0.15) is 29.9 Å². The molecule has 2 aromatic rings. The fraction of sp³-hybridized carbons (Fsp3) is 0.429. The first-order valence-corrected chi connectivity index (χ1v) is 8.08. The molecule has 0 aliphatic rings. The third kappa shape index (κ3) is 3.11. The maximum Gasteiger partial charge on any atom is 0.348 e. The number of thiazole rings is 1. The lowest BCUT2D eigenvalue weighted by Gasteiger charge is -2.16. The molecule has 0 aromatic carbocycles. The molecule has 4 nitrogen and oxygen atoms in total. The van der Waals surface area contributed by atoms with E-state index < -0.39 is 0 Å². The van der Waals surface area contributed by atoms with Gasteiger partial charge in [-0.3, -0.25) is 0 Å². The number of ether oxygens (including phenoxy) is 1. The molecule has 0 saturated carbocycles. The molecule has 0 unspecified atom stereocenters. The van der Waals surface area contributed by atoms with Crippen molar-refractivity contribution in [1.82, 2.24) is 4.98 Å². The van der Waals surface area contributed by atoms with E-state index in [4.69, 9.17) is 11.2 Å². The summed E-state index contributed by atoms with van der Waals surface area (Å²) in [6, 6.07) is 1.85. The summed E-state index contributed by atoms with van der Waals surface area (Å²) in [4.78, 5) is 20.1. The molecule has 6 heteroatoms. The summed E-state index contributed by atoms with van der Waals surface area (Å²) in [6.45, 7) is 6.33. The second kappa shape index (κ2) is 6.73. The van der Waals surface area contributed by atoms with Crippen molar-refractivity contribution in [2.45, 2.75) is 20.3 Å². The van der Waals surface area contributed by atoms with Crippen molar-refractivity contribution in [2.75, 3.05) is 24.6 Å². The number of rotatable bonds is 6. The predicted octanol–water partition coefficient (Wildman–Crippen LogP) is 3.38. The zero-order chi connectivity index (χ0) is 14.5. The van der Waals surface area contributed by atoms with Crippen LogP contribution >= 0.6 is 22.7 Å². The zero-order valence-electron chi connectivity index (χ0n) is 11.5. The molecule has 0 bridgehead atoms. The number of hydrogen-bond donors (Lipinski definition) is 0. The van der Waals surface area contributed by atoms with Gasteiger partial charge in [0, 0.05) is 19.5 Å². The Bertz CT molecular complexity index is 604. The smallest absolute Gasteiger partial charge is 0.348 e. The third-order valence-electron chi connectivity index (χ3n) is 2.79. The first-order chi connectivity index (χ1) is 9.69. The van der Waals surface area contributed by atoms with Crippen molar-refractivity contribution < 1.29 is 9.53 Å². The number of terminal acetylenes is 1. The van der Waals surface area contributed by atoms with Crippen molar-refractivity contribution >= 4 is 43.3 Å². The maximum atomic E-state index is 11.8. The van der Waals surface area contributed by atoms with E-state index in [1.54, 1.807) is 11.3 Å². The number of nitrogens with zero attached hydrogens (tertiary/aromatic N) is 2. The van der Waals surface area contributed by atoms with Gasteiger partial charge in [-0.2, -0.15) is 0 Å². The summed E-state index contributed by atoms with van der Waals surface area (Å²) in [5.74, 6) is 2.12. The molecule has 2 heterocycles. The van der Waals surface area contributed by atoms with E-state index in [-0.39, 0.29) is 12.6 Å². The molecule has 0 aliphatic heterocycles. The zero-order valence-corrected chi connectivity index (χ0v) is 13.1. The highest BCUT2D eigenvalue weighted by Crippen LogP contribution is 2.34. The molecule has 20 heavy (non-hydrogen) atoms. The average molecular weight is 308 g/mol. The summed E-state index contributed by atoms with van der Waals surface area (Å²) in [5.41, 5.74) is 0. The molecule has 0 spiro atoms. The van der Waals surface area contributed by atoms with Crippen LogP contribution in [-0.2, 0) is 4.74 Å². The molecular weight excluding hydrogens is 292 g/mol. The van der Waals surface area contributed by atoms with Crippen LogP contribution in [0.25, 0.3) is 9.53 Å². The minimum absolute atomic E-state index is 0.263. The van der Waals surface area contributed by atoms with E-state index in [9.17, 15) is 4.79 Å². The Morgan fingerprint density at radius 3 is 2.80 bits per heavy atom. The third-order valence-corrected chi connectivity index (χ3v) is 4.99. The fourth-order valence-electron chi connectivity index (χ4n) is 1.73. The molecule has 2 rings (SSSR count). The standard InChI is InChI=1S/C14H16N2O2S2/c1-4-7-8-18-13(17)11-9-10-12(19-11)15-14(20-10)16(5-2)6-3/h1,9H,5-8H2,2-3H3. The quantitative estimate of drug-likeness (QED) is 0.466. The minimum Gasteiger partial charge on any atom is -0.460 e. The van der Waals surface area contributed by atoms with E-state index in [2.05, 4.69) is 29.7 Å². The van der Waals surface area contributed by atoms with Crippen LogP contribution in [0.2, 0.25) is 0 Å². The van der Waals surface area contributed by atoms with Gasteiger partial charge in [0.2, 0.25) is 0 Å². The number of anilines is 1. The second-order valence-corrected chi connectivity index (χ2v) is 6.08. The summed E-state index contributed by atoms with van der Waals surface area (Å²) in [7, 11) is 0. The fourth-order valence-corrected chi connectivity index (χ4v) is 3.96. The van der Waals surface area contributed by atoms with Gasteiger partial charge in [0.1, 0.15) is 16.3 Å². The van der Waals surface area contributed by atoms with Gasteiger partial charge >= 0.3 is 5.97 Å². The van der Waals surface area contributed by atoms with E-state index in [0.717, 1.165) is 27.8 Å². The second-order valence-electron chi connectivity index (χ2n) is 4.04. The molecule has 0 radical (unpaired) electrons. The SMILES string of the molecule is C#CCCOC(=O)c1cc2sc(N(CC)CC)nc2s1. The molecular formula is C14H16N2O2S2. The summed E-state index contributed by atoms with van der Waals surface area (Å²) in [6.07, 6.45) is 5.56. The van der Waals surface area contributed by atoms with Crippen molar-refractivity contribution in [3.8, 4) is 12.3 Å². The molecule has 106 valence electrons. The monoisotopic (exact) mass is 308 g/mol. The van der Waals surface area contributed by atoms with Crippen LogP contribution in [0.3, 0.4) is 0 Å². The van der Waals surface area contributed by atoms with Crippen LogP contribution in [0.5, 0.6) is 0 Å². The van der Waals surface area contributed by atoms with Gasteiger partial charge in [0.15, 0.2) is 5.13 Å². The van der Waals surface area contributed by atoms with Gasteiger partial charge in [-0.05, 0) is 19.9 Å². The van der Waals surface area contributed by atoms with Crippen molar-refractivity contribution in [3.05, 3.63) is 10.9 Å². The largest absolute Gasteiger partial charge is 0.460 e. The predicted molar refractivity (Wildman–Crippen MR) is 84.8 cm³/mol. The lowest BCUT2D eigenvalue weighted by Crippen LogP contribution is -2.21. The number of fused-ring (bicyclic) bond motifs is 1.